The third kappa shape index (κ3) is 3.87. The van der Waals surface area contributed by atoms with Crippen molar-refractivity contribution in [1.29, 1.82) is 0 Å². The van der Waals surface area contributed by atoms with Gasteiger partial charge in [-0.3, -0.25) is 9.59 Å². The van der Waals surface area contributed by atoms with Crippen molar-refractivity contribution in [2.45, 2.75) is 45.6 Å². The molecule has 31 heavy (non-hydrogen) atoms. The molecule has 0 bridgehead atoms. The van der Waals surface area contributed by atoms with Gasteiger partial charge in [0.05, 0.1) is 20.3 Å². The molecule has 0 heterocycles. The van der Waals surface area contributed by atoms with Crippen LogP contribution in [0.5, 0.6) is 17.2 Å². The average Bonchev–Trinajstić information content (AvgIpc) is 3.47. The zero-order valence-corrected chi connectivity index (χ0v) is 18.4. The lowest BCUT2D eigenvalue weighted by atomic mass is 9.95. The van der Waals surface area contributed by atoms with Crippen molar-refractivity contribution in [2.24, 2.45) is 5.41 Å². The quantitative estimate of drug-likeness (QED) is 0.577. The first-order valence-corrected chi connectivity index (χ1v) is 10.6. The second-order valence-electron chi connectivity index (χ2n) is 8.46. The Morgan fingerprint density at radius 1 is 0.968 bits per heavy atom. The number of benzene rings is 2. The third-order valence-electron chi connectivity index (χ3n) is 5.99. The van der Waals surface area contributed by atoms with Gasteiger partial charge in [0.25, 0.3) is 0 Å². The van der Waals surface area contributed by atoms with E-state index in [2.05, 4.69) is 0 Å². The second-order valence-corrected chi connectivity index (χ2v) is 8.46. The van der Waals surface area contributed by atoms with E-state index >= 15 is 0 Å². The molecule has 164 valence electrons. The number of carbonyl (C=O) groups is 2. The maximum Gasteiger partial charge on any atom is 0.315 e. The van der Waals surface area contributed by atoms with E-state index < -0.39 is 5.41 Å². The Morgan fingerprint density at radius 2 is 1.71 bits per heavy atom. The number of Topliss-reactive ketones (excluding diaryl/α,β-unsaturated/α-hetero) is 1. The van der Waals surface area contributed by atoms with Crippen LogP contribution >= 0.6 is 0 Å². The highest BCUT2D eigenvalue weighted by molar-refractivity contribution is 6.02. The van der Waals surface area contributed by atoms with Gasteiger partial charge >= 0.3 is 5.97 Å². The van der Waals surface area contributed by atoms with E-state index in [1.54, 1.807) is 14.2 Å². The van der Waals surface area contributed by atoms with Crippen LogP contribution in [0.15, 0.2) is 30.3 Å². The first kappa shape index (κ1) is 21.2. The Labute approximate surface area is 182 Å². The Morgan fingerprint density at radius 3 is 2.35 bits per heavy atom. The molecule has 2 aliphatic carbocycles. The summed E-state index contributed by atoms with van der Waals surface area (Å²) in [4.78, 5) is 24.8. The van der Waals surface area contributed by atoms with Gasteiger partial charge in [-0.1, -0.05) is 18.2 Å². The largest absolute Gasteiger partial charge is 0.493 e. The SMILES string of the molecule is COc1ccc(-c2cccc3c2CCC3=O)c(OCC2(C(=O)OC(C)C)CC2)c1OC. The number of esters is 1. The third-order valence-corrected chi connectivity index (χ3v) is 5.99. The van der Waals surface area contributed by atoms with Crippen LogP contribution < -0.4 is 14.2 Å². The van der Waals surface area contributed by atoms with Gasteiger partial charge in [-0.15, -0.1) is 0 Å². The van der Waals surface area contributed by atoms with Gasteiger partial charge in [-0.05, 0) is 56.4 Å². The minimum absolute atomic E-state index is 0.160. The zero-order valence-electron chi connectivity index (χ0n) is 18.4. The predicted octanol–water partition coefficient (Wildman–Crippen LogP) is 4.61. The molecule has 0 unspecified atom stereocenters. The molecule has 1 saturated carbocycles. The van der Waals surface area contributed by atoms with Crippen LogP contribution in [0.4, 0.5) is 0 Å². The highest BCUT2D eigenvalue weighted by Crippen LogP contribution is 2.51. The summed E-state index contributed by atoms with van der Waals surface area (Å²) >= 11 is 0. The number of fused-ring (bicyclic) bond motifs is 1. The summed E-state index contributed by atoms with van der Waals surface area (Å²) in [7, 11) is 3.13. The summed E-state index contributed by atoms with van der Waals surface area (Å²) in [5.74, 6) is 1.46. The molecule has 0 amide bonds. The Kier molecular flexibility index (Phi) is 5.65. The molecule has 0 radical (unpaired) electrons. The van der Waals surface area contributed by atoms with E-state index in [1.165, 1.54) is 0 Å². The van der Waals surface area contributed by atoms with Gasteiger partial charge in [0.2, 0.25) is 5.75 Å². The molecule has 0 atom stereocenters. The number of rotatable bonds is 8. The summed E-state index contributed by atoms with van der Waals surface area (Å²) < 4.78 is 22.8. The van der Waals surface area contributed by atoms with Crippen molar-refractivity contribution in [2.75, 3.05) is 20.8 Å². The molecule has 2 aromatic rings. The van der Waals surface area contributed by atoms with Crippen LogP contribution in [0, 0.1) is 5.41 Å². The molecule has 1 fully saturated rings. The zero-order chi connectivity index (χ0) is 22.2. The van der Waals surface area contributed by atoms with E-state index in [0.29, 0.717) is 30.1 Å². The number of carbonyl (C=O) groups excluding carboxylic acids is 2. The van der Waals surface area contributed by atoms with Crippen LogP contribution in [0.2, 0.25) is 0 Å². The normalized spacial score (nSPS) is 16.1. The molecule has 6 nitrogen and oxygen atoms in total. The van der Waals surface area contributed by atoms with Crippen molar-refractivity contribution >= 4 is 11.8 Å². The van der Waals surface area contributed by atoms with Gasteiger partial charge in [0.15, 0.2) is 17.3 Å². The fourth-order valence-electron chi connectivity index (χ4n) is 4.10. The van der Waals surface area contributed by atoms with Crippen molar-refractivity contribution < 1.29 is 28.5 Å². The van der Waals surface area contributed by atoms with Crippen LogP contribution in [-0.4, -0.2) is 38.7 Å². The number of hydrogen-bond donors (Lipinski definition) is 0. The Bertz CT molecular complexity index is 1020. The van der Waals surface area contributed by atoms with Crippen molar-refractivity contribution in [3.05, 3.63) is 41.5 Å². The maximum absolute atomic E-state index is 12.6. The van der Waals surface area contributed by atoms with E-state index in [4.69, 9.17) is 18.9 Å². The molecule has 0 aliphatic heterocycles. The predicted molar refractivity (Wildman–Crippen MR) is 116 cm³/mol. The molecular formula is C25H28O6. The topological polar surface area (TPSA) is 71.1 Å². The Hall–Kier alpha value is -3.02. The highest BCUT2D eigenvalue weighted by Gasteiger charge is 2.53. The number of methoxy groups -OCH3 is 2. The summed E-state index contributed by atoms with van der Waals surface area (Å²) in [6.07, 6.45) is 2.50. The molecule has 2 aromatic carbocycles. The van der Waals surface area contributed by atoms with Gasteiger partial charge in [0.1, 0.15) is 12.0 Å². The Balaban J connectivity index is 1.74. The van der Waals surface area contributed by atoms with Crippen LogP contribution in [0.3, 0.4) is 0 Å². The monoisotopic (exact) mass is 424 g/mol. The van der Waals surface area contributed by atoms with Gasteiger partial charge in [-0.2, -0.15) is 0 Å². The summed E-state index contributed by atoms with van der Waals surface area (Å²) in [6.45, 7) is 3.88. The molecule has 6 heteroatoms. The first-order chi connectivity index (χ1) is 14.9. The van der Waals surface area contributed by atoms with Crippen molar-refractivity contribution in [3.63, 3.8) is 0 Å². The molecule has 0 saturated heterocycles. The van der Waals surface area contributed by atoms with Crippen molar-refractivity contribution in [3.8, 4) is 28.4 Å². The maximum atomic E-state index is 12.6. The lowest BCUT2D eigenvalue weighted by molar-refractivity contribution is -0.155. The number of hydrogen-bond acceptors (Lipinski definition) is 6. The minimum atomic E-state index is -0.621. The van der Waals surface area contributed by atoms with E-state index in [-0.39, 0.29) is 24.5 Å². The van der Waals surface area contributed by atoms with Crippen LogP contribution in [0.1, 0.15) is 49.0 Å². The lowest BCUT2D eigenvalue weighted by Gasteiger charge is -2.22. The van der Waals surface area contributed by atoms with Gasteiger partial charge in [0, 0.05) is 17.5 Å². The fraction of sp³-hybridized carbons (Fsp3) is 0.440. The van der Waals surface area contributed by atoms with Crippen LogP contribution in [0.25, 0.3) is 11.1 Å². The minimum Gasteiger partial charge on any atom is -0.493 e. The first-order valence-electron chi connectivity index (χ1n) is 10.6. The molecule has 0 spiro atoms. The molecule has 4 rings (SSSR count). The summed E-state index contributed by atoms with van der Waals surface area (Å²) in [5.41, 5.74) is 2.91. The van der Waals surface area contributed by atoms with E-state index in [1.807, 2.05) is 44.2 Å². The fourth-order valence-corrected chi connectivity index (χ4v) is 4.10. The number of ketones is 1. The molecular weight excluding hydrogens is 396 g/mol. The van der Waals surface area contributed by atoms with Gasteiger partial charge in [-0.25, -0.2) is 0 Å². The van der Waals surface area contributed by atoms with Crippen molar-refractivity contribution in [1.82, 2.24) is 0 Å². The highest BCUT2D eigenvalue weighted by atomic mass is 16.6. The summed E-state index contributed by atoms with van der Waals surface area (Å²) in [6, 6.07) is 9.50. The van der Waals surface area contributed by atoms with E-state index in [9.17, 15) is 9.59 Å². The summed E-state index contributed by atoms with van der Waals surface area (Å²) in [5, 5.41) is 0. The molecule has 0 N–H and O–H groups in total. The van der Waals surface area contributed by atoms with Crippen LogP contribution in [-0.2, 0) is 16.0 Å². The average molecular weight is 424 g/mol. The molecule has 0 aromatic heterocycles. The number of ether oxygens (including phenoxy) is 4. The van der Waals surface area contributed by atoms with E-state index in [0.717, 1.165) is 35.1 Å². The second kappa shape index (κ2) is 8.25. The van der Waals surface area contributed by atoms with Gasteiger partial charge < -0.3 is 18.9 Å². The molecule has 2 aliphatic rings. The smallest absolute Gasteiger partial charge is 0.315 e. The standard InChI is InChI=1S/C25H28O6/c1-15(2)31-24(27)25(12-13-25)14-30-22-19(9-11-21(28-3)23(22)29-4)16-6-5-7-18-17(16)8-10-20(18)26/h5-7,9,11,15H,8,10,12-14H2,1-4H3. The lowest BCUT2D eigenvalue weighted by Crippen LogP contribution is -2.28.